The predicted molar refractivity (Wildman–Crippen MR) is 107 cm³/mol. The standard InChI is InChI=1S/C19H17Cl2N3O2S/c1-10-14-4-2-3-5-15(14)23-19(22-10)27-16-9-17(25)24(18(16)26)13-7-11(20)6-12(21)8-13/h6-8,16H,2-5,9H2,1H3/t16-/m1/s1. The number of carbonyl (C=O) groups excluding carboxylic acids is 2. The van der Waals surface area contributed by atoms with E-state index < -0.39 is 5.25 Å². The zero-order valence-corrected chi connectivity index (χ0v) is 17.0. The highest BCUT2D eigenvalue weighted by Gasteiger charge is 2.41. The number of benzene rings is 1. The highest BCUT2D eigenvalue weighted by atomic mass is 35.5. The third-order valence-corrected chi connectivity index (χ3v) is 6.31. The minimum atomic E-state index is -0.545. The fourth-order valence-corrected chi connectivity index (χ4v) is 5.12. The molecule has 0 spiro atoms. The number of nitrogens with zero attached hydrogens (tertiary/aromatic N) is 3. The van der Waals surface area contributed by atoms with E-state index in [1.165, 1.54) is 17.3 Å². The molecule has 27 heavy (non-hydrogen) atoms. The maximum atomic E-state index is 12.9. The zero-order chi connectivity index (χ0) is 19.1. The molecule has 1 aromatic carbocycles. The number of anilines is 1. The van der Waals surface area contributed by atoms with Gasteiger partial charge in [-0.1, -0.05) is 35.0 Å². The highest BCUT2D eigenvalue weighted by molar-refractivity contribution is 8.00. The van der Waals surface area contributed by atoms with Crippen LogP contribution in [-0.4, -0.2) is 27.0 Å². The number of aromatic nitrogens is 2. The summed E-state index contributed by atoms with van der Waals surface area (Å²) in [4.78, 5) is 35.7. The van der Waals surface area contributed by atoms with E-state index in [0.29, 0.717) is 20.9 Å². The fraction of sp³-hybridized carbons (Fsp3) is 0.368. The van der Waals surface area contributed by atoms with Crippen LogP contribution < -0.4 is 4.90 Å². The SMILES string of the molecule is Cc1nc(S[C@@H]2CC(=O)N(c3cc(Cl)cc(Cl)c3)C2=O)nc2c1CCCC2. The van der Waals surface area contributed by atoms with Crippen LogP contribution in [0, 0.1) is 6.92 Å². The Balaban J connectivity index is 1.58. The second-order valence-corrected chi connectivity index (χ2v) is 8.77. The number of fused-ring (bicyclic) bond motifs is 1. The van der Waals surface area contributed by atoms with E-state index in [0.717, 1.165) is 42.0 Å². The average molecular weight is 422 g/mol. The molecule has 1 atom stereocenters. The van der Waals surface area contributed by atoms with E-state index in [2.05, 4.69) is 9.97 Å². The monoisotopic (exact) mass is 421 g/mol. The summed E-state index contributed by atoms with van der Waals surface area (Å²) in [7, 11) is 0. The van der Waals surface area contributed by atoms with Gasteiger partial charge in [0.25, 0.3) is 0 Å². The zero-order valence-electron chi connectivity index (χ0n) is 14.7. The second kappa shape index (κ2) is 7.41. The first-order valence-electron chi connectivity index (χ1n) is 8.78. The average Bonchev–Trinajstić information content (AvgIpc) is 2.87. The summed E-state index contributed by atoms with van der Waals surface area (Å²) in [5, 5.41) is 0.771. The van der Waals surface area contributed by atoms with Crippen LogP contribution >= 0.6 is 35.0 Å². The molecule has 0 N–H and O–H groups in total. The van der Waals surface area contributed by atoms with Crippen LogP contribution in [0.2, 0.25) is 10.0 Å². The summed E-state index contributed by atoms with van der Waals surface area (Å²) in [6, 6.07) is 4.69. The van der Waals surface area contributed by atoms with Crippen molar-refractivity contribution in [3.63, 3.8) is 0 Å². The number of amides is 2. The van der Waals surface area contributed by atoms with Crippen molar-refractivity contribution in [2.75, 3.05) is 4.90 Å². The summed E-state index contributed by atoms with van der Waals surface area (Å²) < 4.78 is 0. The number of hydrogen-bond donors (Lipinski definition) is 0. The van der Waals surface area contributed by atoms with Crippen LogP contribution in [0.1, 0.15) is 36.2 Å². The lowest BCUT2D eigenvalue weighted by atomic mass is 9.95. The van der Waals surface area contributed by atoms with Crippen molar-refractivity contribution in [2.45, 2.75) is 49.4 Å². The van der Waals surface area contributed by atoms with E-state index in [-0.39, 0.29) is 18.2 Å². The smallest absolute Gasteiger partial charge is 0.247 e. The molecule has 2 amide bonds. The molecule has 8 heteroatoms. The van der Waals surface area contributed by atoms with Crippen molar-refractivity contribution < 1.29 is 9.59 Å². The summed E-state index contributed by atoms with van der Waals surface area (Å²) >= 11 is 13.3. The molecule has 140 valence electrons. The number of carbonyl (C=O) groups is 2. The Hall–Kier alpha value is -1.63. The lowest BCUT2D eigenvalue weighted by Gasteiger charge is -2.18. The second-order valence-electron chi connectivity index (χ2n) is 6.73. The molecular weight excluding hydrogens is 405 g/mol. The Morgan fingerprint density at radius 3 is 2.52 bits per heavy atom. The number of hydrogen-bond acceptors (Lipinski definition) is 5. The first-order valence-corrected chi connectivity index (χ1v) is 10.4. The van der Waals surface area contributed by atoms with Gasteiger partial charge in [-0.2, -0.15) is 0 Å². The van der Waals surface area contributed by atoms with Gasteiger partial charge in [0.15, 0.2) is 5.16 Å². The minimum Gasteiger partial charge on any atom is -0.274 e. The van der Waals surface area contributed by atoms with Gasteiger partial charge in [0.05, 0.1) is 5.69 Å². The molecule has 1 aromatic heterocycles. The van der Waals surface area contributed by atoms with Gasteiger partial charge < -0.3 is 0 Å². The number of halogens is 2. The van der Waals surface area contributed by atoms with Crippen molar-refractivity contribution in [2.24, 2.45) is 0 Å². The van der Waals surface area contributed by atoms with Crippen molar-refractivity contribution in [1.29, 1.82) is 0 Å². The van der Waals surface area contributed by atoms with Gasteiger partial charge in [-0.3, -0.25) is 9.59 Å². The van der Waals surface area contributed by atoms with E-state index in [1.807, 2.05) is 6.92 Å². The van der Waals surface area contributed by atoms with Crippen molar-refractivity contribution in [3.05, 3.63) is 45.2 Å². The molecule has 1 fully saturated rings. The maximum Gasteiger partial charge on any atom is 0.247 e. The Morgan fingerprint density at radius 2 is 1.78 bits per heavy atom. The van der Waals surface area contributed by atoms with Crippen LogP contribution in [0.3, 0.4) is 0 Å². The van der Waals surface area contributed by atoms with Crippen molar-refractivity contribution in [3.8, 4) is 0 Å². The summed E-state index contributed by atoms with van der Waals surface area (Å²) in [5.41, 5.74) is 3.67. The quantitative estimate of drug-likeness (QED) is 0.542. The van der Waals surface area contributed by atoms with Crippen molar-refractivity contribution in [1.82, 2.24) is 9.97 Å². The van der Waals surface area contributed by atoms with Crippen LogP contribution in [0.15, 0.2) is 23.4 Å². The molecule has 0 bridgehead atoms. The molecule has 2 aromatic rings. The van der Waals surface area contributed by atoms with E-state index in [1.54, 1.807) is 18.2 Å². The lowest BCUT2D eigenvalue weighted by molar-refractivity contribution is -0.121. The first-order chi connectivity index (χ1) is 12.9. The molecule has 0 saturated carbocycles. The van der Waals surface area contributed by atoms with Gasteiger partial charge in [0.2, 0.25) is 11.8 Å². The van der Waals surface area contributed by atoms with Crippen LogP contribution in [-0.2, 0) is 22.4 Å². The van der Waals surface area contributed by atoms with Gasteiger partial charge in [-0.15, -0.1) is 0 Å². The van der Waals surface area contributed by atoms with Gasteiger partial charge in [-0.25, -0.2) is 14.9 Å². The lowest BCUT2D eigenvalue weighted by Crippen LogP contribution is -2.31. The first kappa shape index (κ1) is 18.7. The Kier molecular flexibility index (Phi) is 5.14. The summed E-state index contributed by atoms with van der Waals surface area (Å²) in [6.07, 6.45) is 4.34. The molecular formula is C19H17Cl2N3O2S. The van der Waals surface area contributed by atoms with Gasteiger partial charge in [0.1, 0.15) is 5.25 Å². The molecule has 1 aliphatic carbocycles. The molecule has 0 radical (unpaired) electrons. The molecule has 2 heterocycles. The number of imide groups is 1. The van der Waals surface area contributed by atoms with E-state index in [4.69, 9.17) is 23.2 Å². The topological polar surface area (TPSA) is 63.2 Å². The molecule has 1 saturated heterocycles. The van der Waals surface area contributed by atoms with Crippen LogP contribution in [0.4, 0.5) is 5.69 Å². The fourth-order valence-electron chi connectivity index (χ4n) is 3.57. The van der Waals surface area contributed by atoms with Crippen LogP contribution in [0.25, 0.3) is 0 Å². The predicted octanol–water partition coefficient (Wildman–Crippen LogP) is 4.39. The van der Waals surface area contributed by atoms with Crippen molar-refractivity contribution >= 4 is 52.5 Å². The van der Waals surface area contributed by atoms with Crippen LogP contribution in [0.5, 0.6) is 0 Å². The highest BCUT2D eigenvalue weighted by Crippen LogP contribution is 2.35. The Morgan fingerprint density at radius 1 is 1.07 bits per heavy atom. The minimum absolute atomic E-state index is 0.104. The summed E-state index contributed by atoms with van der Waals surface area (Å²) in [6.45, 7) is 1.98. The number of aryl methyl sites for hydroxylation is 2. The van der Waals surface area contributed by atoms with Gasteiger partial charge in [-0.05, 0) is 56.4 Å². The number of thioether (sulfide) groups is 1. The maximum absolute atomic E-state index is 12.9. The Bertz CT molecular complexity index is 931. The Labute approximate surface area is 171 Å². The number of rotatable bonds is 3. The third kappa shape index (κ3) is 3.71. The van der Waals surface area contributed by atoms with E-state index >= 15 is 0 Å². The normalized spacial score (nSPS) is 19.5. The molecule has 5 nitrogen and oxygen atoms in total. The molecule has 0 unspecified atom stereocenters. The van der Waals surface area contributed by atoms with E-state index in [9.17, 15) is 9.59 Å². The molecule has 4 rings (SSSR count). The molecule has 2 aliphatic rings. The van der Waals surface area contributed by atoms with Gasteiger partial charge >= 0.3 is 0 Å². The van der Waals surface area contributed by atoms with Gasteiger partial charge in [0, 0.05) is 27.9 Å². The largest absolute Gasteiger partial charge is 0.274 e. The summed E-state index contributed by atoms with van der Waals surface area (Å²) in [5.74, 6) is -0.562. The molecule has 1 aliphatic heterocycles. The third-order valence-electron chi connectivity index (χ3n) is 4.83.